The zero-order valence-electron chi connectivity index (χ0n) is 10.9. The lowest BCUT2D eigenvalue weighted by Gasteiger charge is -2.41. The Kier molecular flexibility index (Phi) is 3.76. The summed E-state index contributed by atoms with van der Waals surface area (Å²) in [5.74, 6) is -0.386. The van der Waals surface area contributed by atoms with Crippen LogP contribution in [-0.2, 0) is 4.79 Å². The van der Waals surface area contributed by atoms with E-state index in [-0.39, 0.29) is 11.8 Å². The highest BCUT2D eigenvalue weighted by atomic mass is 79.9. The van der Waals surface area contributed by atoms with Crippen LogP contribution in [-0.4, -0.2) is 28.4 Å². The van der Waals surface area contributed by atoms with Gasteiger partial charge in [-0.25, -0.2) is 0 Å². The van der Waals surface area contributed by atoms with Gasteiger partial charge in [-0.15, -0.1) is 0 Å². The van der Waals surface area contributed by atoms with E-state index < -0.39 is 12.0 Å². The Balaban J connectivity index is 1.90. The lowest BCUT2D eigenvalue weighted by atomic mass is 9.81. The van der Waals surface area contributed by atoms with Gasteiger partial charge in [-0.3, -0.25) is 4.79 Å². The topological polar surface area (TPSA) is 40.5 Å². The van der Waals surface area contributed by atoms with Crippen LogP contribution in [0.1, 0.15) is 18.1 Å². The Morgan fingerprint density at radius 3 is 2.75 bits per heavy atom. The number of hydrogen-bond donors (Lipinski definition) is 1. The van der Waals surface area contributed by atoms with Crippen LogP contribution in [0.2, 0.25) is 0 Å². The van der Waals surface area contributed by atoms with Gasteiger partial charge in [0, 0.05) is 23.3 Å². The second-order valence-corrected chi connectivity index (χ2v) is 6.13. The summed E-state index contributed by atoms with van der Waals surface area (Å²) in [5, 5.41) is 10.6. The number of carbonyl (C=O) groups excluding carboxylic acids is 1. The van der Waals surface area contributed by atoms with Gasteiger partial charge in [-0.05, 0) is 30.2 Å². The molecular formula is C16H16BrNO2. The van der Waals surface area contributed by atoms with Gasteiger partial charge in [0.2, 0.25) is 0 Å². The van der Waals surface area contributed by atoms with E-state index in [1.807, 2.05) is 30.5 Å². The predicted molar refractivity (Wildman–Crippen MR) is 81.0 cm³/mol. The maximum atomic E-state index is 12.2. The average Bonchev–Trinajstić information content (AvgIpc) is 2.47. The summed E-state index contributed by atoms with van der Waals surface area (Å²) >= 11 is 3.38. The Morgan fingerprint density at radius 2 is 2.00 bits per heavy atom. The molecule has 104 valence electrons. The summed E-state index contributed by atoms with van der Waals surface area (Å²) < 4.78 is 0.963. The van der Waals surface area contributed by atoms with Crippen molar-refractivity contribution in [1.29, 1.82) is 0 Å². The van der Waals surface area contributed by atoms with Gasteiger partial charge < -0.3 is 10.0 Å². The maximum Gasteiger partial charge on any atom is 0.165 e. The quantitative estimate of drug-likeness (QED) is 0.846. The summed E-state index contributed by atoms with van der Waals surface area (Å²) in [6.45, 7) is 0.804. The zero-order chi connectivity index (χ0) is 14.1. The molecule has 0 amide bonds. The van der Waals surface area contributed by atoms with E-state index in [1.54, 1.807) is 6.08 Å². The number of aliphatic hydroxyl groups excluding tert-OH is 1. The van der Waals surface area contributed by atoms with Crippen molar-refractivity contribution in [1.82, 2.24) is 4.90 Å². The Hall–Kier alpha value is -1.39. The molecule has 0 fully saturated rings. The first-order valence-electron chi connectivity index (χ1n) is 6.73. The van der Waals surface area contributed by atoms with Crippen molar-refractivity contribution in [3.05, 3.63) is 58.7 Å². The number of nitrogens with zero attached hydrogens (tertiary/aromatic N) is 1. The number of allylic oxidation sites excluding steroid dienone is 1. The van der Waals surface area contributed by atoms with Crippen LogP contribution < -0.4 is 0 Å². The Morgan fingerprint density at radius 1 is 1.25 bits per heavy atom. The monoisotopic (exact) mass is 333 g/mol. The summed E-state index contributed by atoms with van der Waals surface area (Å²) in [6, 6.07) is 7.56. The molecule has 2 unspecified atom stereocenters. The van der Waals surface area contributed by atoms with Gasteiger partial charge >= 0.3 is 0 Å². The summed E-state index contributed by atoms with van der Waals surface area (Å²) in [4.78, 5) is 14.4. The number of benzene rings is 1. The van der Waals surface area contributed by atoms with E-state index in [0.717, 1.165) is 23.0 Å². The fraction of sp³-hybridized carbons (Fsp3) is 0.312. The summed E-state index contributed by atoms with van der Waals surface area (Å²) in [6.07, 6.45) is 7.66. The number of ketones is 1. The fourth-order valence-corrected chi connectivity index (χ4v) is 3.19. The van der Waals surface area contributed by atoms with Crippen molar-refractivity contribution in [2.24, 2.45) is 5.92 Å². The number of rotatable bonds is 2. The molecule has 0 aliphatic carbocycles. The SMILES string of the molecule is O=C1C=CN2CC=CCC2C1[C@H](O)c1ccc(Br)cc1. The number of halogens is 1. The molecule has 2 heterocycles. The molecule has 3 nitrogen and oxygen atoms in total. The zero-order valence-corrected chi connectivity index (χ0v) is 12.5. The van der Waals surface area contributed by atoms with Gasteiger partial charge in [-0.2, -0.15) is 0 Å². The van der Waals surface area contributed by atoms with E-state index in [2.05, 4.69) is 33.0 Å². The van der Waals surface area contributed by atoms with E-state index in [1.165, 1.54) is 0 Å². The molecule has 0 saturated carbocycles. The fourth-order valence-electron chi connectivity index (χ4n) is 2.93. The third-order valence-electron chi connectivity index (χ3n) is 4.01. The standard InChI is InChI=1S/C16H16BrNO2/c17-12-6-4-11(5-7-12)16(20)15-13-3-1-2-9-18(13)10-8-14(15)19/h1-2,4-8,10,13,15-16,20H,3,9H2/t13?,15?,16-/m1/s1. The molecule has 0 radical (unpaired) electrons. The molecule has 0 bridgehead atoms. The number of fused-ring (bicyclic) bond motifs is 1. The van der Waals surface area contributed by atoms with Crippen LogP contribution in [0.15, 0.2) is 53.2 Å². The van der Waals surface area contributed by atoms with Crippen molar-refractivity contribution < 1.29 is 9.90 Å². The molecule has 0 aromatic heterocycles. The second-order valence-electron chi connectivity index (χ2n) is 5.21. The van der Waals surface area contributed by atoms with Crippen LogP contribution in [0.5, 0.6) is 0 Å². The minimum atomic E-state index is -0.764. The van der Waals surface area contributed by atoms with Crippen molar-refractivity contribution >= 4 is 21.7 Å². The minimum absolute atomic E-state index is 0.0111. The van der Waals surface area contributed by atoms with Crippen molar-refractivity contribution in [3.63, 3.8) is 0 Å². The Bertz CT molecular complexity index is 564. The molecule has 1 N–H and O–H groups in total. The molecule has 0 saturated heterocycles. The van der Waals surface area contributed by atoms with Crippen LogP contribution in [0, 0.1) is 5.92 Å². The van der Waals surface area contributed by atoms with Crippen LogP contribution in [0.25, 0.3) is 0 Å². The Labute approximate surface area is 126 Å². The van der Waals surface area contributed by atoms with E-state index in [4.69, 9.17) is 0 Å². The molecule has 1 aromatic rings. The third-order valence-corrected chi connectivity index (χ3v) is 4.54. The third kappa shape index (κ3) is 2.45. The van der Waals surface area contributed by atoms with Crippen molar-refractivity contribution in [3.8, 4) is 0 Å². The van der Waals surface area contributed by atoms with E-state index in [0.29, 0.717) is 0 Å². The number of aliphatic hydroxyl groups is 1. The molecule has 3 atom stereocenters. The molecule has 1 aromatic carbocycles. The summed E-state index contributed by atoms with van der Waals surface area (Å²) in [7, 11) is 0. The van der Waals surface area contributed by atoms with Crippen LogP contribution in [0.3, 0.4) is 0 Å². The predicted octanol–water partition coefficient (Wildman–Crippen LogP) is 2.83. The maximum absolute atomic E-state index is 12.2. The molecule has 3 rings (SSSR count). The first-order valence-corrected chi connectivity index (χ1v) is 7.52. The molecule has 2 aliphatic heterocycles. The largest absolute Gasteiger partial charge is 0.388 e. The molecule has 4 heteroatoms. The highest BCUT2D eigenvalue weighted by Crippen LogP contribution is 2.34. The van der Waals surface area contributed by atoms with Crippen LogP contribution in [0.4, 0.5) is 0 Å². The van der Waals surface area contributed by atoms with Gasteiger partial charge in [0.15, 0.2) is 5.78 Å². The number of carbonyl (C=O) groups is 1. The van der Waals surface area contributed by atoms with Gasteiger partial charge in [-0.1, -0.05) is 40.2 Å². The minimum Gasteiger partial charge on any atom is -0.388 e. The summed E-state index contributed by atoms with van der Waals surface area (Å²) in [5.41, 5.74) is 0.788. The lowest BCUT2D eigenvalue weighted by Crippen LogP contribution is -2.47. The number of hydrogen-bond acceptors (Lipinski definition) is 3. The molecule has 2 aliphatic rings. The van der Waals surface area contributed by atoms with E-state index >= 15 is 0 Å². The lowest BCUT2D eigenvalue weighted by molar-refractivity contribution is -0.125. The first kappa shape index (κ1) is 13.6. The molecular weight excluding hydrogens is 318 g/mol. The second kappa shape index (κ2) is 5.54. The normalized spacial score (nSPS) is 26.5. The van der Waals surface area contributed by atoms with Gasteiger partial charge in [0.25, 0.3) is 0 Å². The smallest absolute Gasteiger partial charge is 0.165 e. The van der Waals surface area contributed by atoms with Crippen LogP contribution >= 0.6 is 15.9 Å². The molecule has 20 heavy (non-hydrogen) atoms. The highest BCUT2D eigenvalue weighted by Gasteiger charge is 2.39. The highest BCUT2D eigenvalue weighted by molar-refractivity contribution is 9.10. The van der Waals surface area contributed by atoms with E-state index in [9.17, 15) is 9.90 Å². The molecule has 0 spiro atoms. The first-order chi connectivity index (χ1) is 9.66. The van der Waals surface area contributed by atoms with Crippen molar-refractivity contribution in [2.45, 2.75) is 18.6 Å². The van der Waals surface area contributed by atoms with Gasteiger partial charge in [0.1, 0.15) is 0 Å². The average molecular weight is 334 g/mol. The van der Waals surface area contributed by atoms with Crippen molar-refractivity contribution in [2.75, 3.05) is 6.54 Å². The van der Waals surface area contributed by atoms with Gasteiger partial charge in [0.05, 0.1) is 12.0 Å².